The number of hydrogen-bond donors (Lipinski definition) is 1. The normalized spacial score (nSPS) is 17.1. The number of benzene rings is 2. The first-order valence-corrected chi connectivity index (χ1v) is 9.71. The van der Waals surface area contributed by atoms with E-state index in [0.29, 0.717) is 28.3 Å². The van der Waals surface area contributed by atoms with Crippen LogP contribution in [0.15, 0.2) is 47.3 Å². The van der Waals surface area contributed by atoms with Gasteiger partial charge in [-0.15, -0.1) is 0 Å². The molecule has 1 unspecified atom stereocenters. The summed E-state index contributed by atoms with van der Waals surface area (Å²) in [5, 5.41) is 15.4. The van der Waals surface area contributed by atoms with Crippen molar-refractivity contribution in [3.05, 3.63) is 58.3 Å². The Hall–Kier alpha value is -2.79. The first-order chi connectivity index (χ1) is 13.8. The molecule has 0 saturated carbocycles. The molecule has 2 aromatic carbocycles. The van der Waals surface area contributed by atoms with Crippen molar-refractivity contribution in [1.82, 2.24) is 0 Å². The summed E-state index contributed by atoms with van der Waals surface area (Å²) in [5.74, 6) is 0.226. The van der Waals surface area contributed by atoms with E-state index in [1.54, 1.807) is 7.11 Å². The number of allylic oxidation sites excluding steroid dienone is 2. The Kier molecular flexibility index (Phi) is 6.28. The Bertz CT molecular complexity index is 993. The first kappa shape index (κ1) is 20.9. The van der Waals surface area contributed by atoms with Crippen LogP contribution < -0.4 is 4.74 Å². The molecule has 3 rings (SSSR count). The lowest BCUT2D eigenvalue weighted by Gasteiger charge is -2.15. The number of ketones is 1. The number of oxime groups is 1. The van der Waals surface area contributed by atoms with E-state index in [4.69, 9.17) is 21.2 Å². The average molecular weight is 414 g/mol. The highest BCUT2D eigenvalue weighted by Crippen LogP contribution is 2.42. The van der Waals surface area contributed by atoms with Gasteiger partial charge in [-0.2, -0.15) is 0 Å². The SMILES string of the molecule is CO/N=C(\C)CC1CC(=O)C(c2c(C)cc(-c3ccc(Cl)cc3)cc2OC)=C1O. The van der Waals surface area contributed by atoms with Gasteiger partial charge in [-0.3, -0.25) is 4.79 Å². The lowest BCUT2D eigenvalue weighted by molar-refractivity contribution is -0.113. The number of ether oxygens (including phenoxy) is 1. The van der Waals surface area contributed by atoms with Gasteiger partial charge in [-0.25, -0.2) is 0 Å². The van der Waals surface area contributed by atoms with Crippen LogP contribution >= 0.6 is 11.6 Å². The predicted molar refractivity (Wildman–Crippen MR) is 116 cm³/mol. The van der Waals surface area contributed by atoms with E-state index in [9.17, 15) is 9.90 Å². The third kappa shape index (κ3) is 4.30. The summed E-state index contributed by atoms with van der Waals surface area (Å²) in [4.78, 5) is 17.6. The molecule has 6 heteroatoms. The zero-order valence-electron chi connectivity index (χ0n) is 17.0. The number of aliphatic hydroxyl groups is 1. The topological polar surface area (TPSA) is 68.1 Å². The van der Waals surface area contributed by atoms with Crippen LogP contribution in [0.4, 0.5) is 0 Å². The molecule has 2 aromatic rings. The second-order valence-electron chi connectivity index (χ2n) is 7.18. The zero-order chi connectivity index (χ0) is 21.1. The summed E-state index contributed by atoms with van der Waals surface area (Å²) in [6, 6.07) is 11.4. The molecule has 0 fully saturated rings. The largest absolute Gasteiger partial charge is 0.511 e. The molecule has 0 spiro atoms. The summed E-state index contributed by atoms with van der Waals surface area (Å²) in [6.45, 7) is 3.72. The van der Waals surface area contributed by atoms with Gasteiger partial charge in [0.25, 0.3) is 0 Å². The summed E-state index contributed by atoms with van der Waals surface area (Å²) >= 11 is 5.99. The number of methoxy groups -OCH3 is 1. The van der Waals surface area contributed by atoms with E-state index in [0.717, 1.165) is 22.4 Å². The fraction of sp³-hybridized carbons (Fsp3) is 0.304. The molecule has 29 heavy (non-hydrogen) atoms. The van der Waals surface area contributed by atoms with Gasteiger partial charge in [0.05, 0.1) is 18.4 Å². The van der Waals surface area contributed by atoms with E-state index in [1.807, 2.05) is 50.2 Å². The maximum atomic E-state index is 12.8. The van der Waals surface area contributed by atoms with E-state index >= 15 is 0 Å². The second-order valence-corrected chi connectivity index (χ2v) is 7.61. The number of halogens is 1. The molecule has 0 heterocycles. The van der Waals surface area contributed by atoms with E-state index in [-0.39, 0.29) is 23.9 Å². The molecule has 0 aliphatic heterocycles. The molecule has 0 amide bonds. The lowest BCUT2D eigenvalue weighted by atomic mass is 9.93. The molecule has 0 bridgehead atoms. The Labute approximate surface area is 175 Å². The van der Waals surface area contributed by atoms with Crippen LogP contribution in [-0.4, -0.2) is 30.8 Å². The molecular weight excluding hydrogens is 390 g/mol. The minimum atomic E-state index is -0.309. The van der Waals surface area contributed by atoms with Crippen molar-refractivity contribution < 1.29 is 19.5 Å². The zero-order valence-corrected chi connectivity index (χ0v) is 17.7. The molecule has 5 nitrogen and oxygen atoms in total. The maximum Gasteiger partial charge on any atom is 0.167 e. The number of carbonyl (C=O) groups is 1. The van der Waals surface area contributed by atoms with Crippen LogP contribution in [0.25, 0.3) is 16.7 Å². The monoisotopic (exact) mass is 413 g/mol. The quantitative estimate of drug-likeness (QED) is 0.494. The molecule has 0 radical (unpaired) electrons. The van der Waals surface area contributed by atoms with Crippen molar-refractivity contribution >= 4 is 28.7 Å². The van der Waals surface area contributed by atoms with Crippen molar-refractivity contribution in [3.63, 3.8) is 0 Å². The smallest absolute Gasteiger partial charge is 0.167 e. The van der Waals surface area contributed by atoms with Crippen LogP contribution in [0.3, 0.4) is 0 Å². The van der Waals surface area contributed by atoms with Crippen LogP contribution in [0.1, 0.15) is 30.9 Å². The van der Waals surface area contributed by atoms with E-state index in [1.165, 1.54) is 7.11 Å². The van der Waals surface area contributed by atoms with Crippen molar-refractivity contribution in [2.75, 3.05) is 14.2 Å². The minimum Gasteiger partial charge on any atom is -0.511 e. The highest BCUT2D eigenvalue weighted by molar-refractivity contribution is 6.30. The first-order valence-electron chi connectivity index (χ1n) is 9.33. The molecular formula is C23H24ClNO4. The van der Waals surface area contributed by atoms with Gasteiger partial charge < -0.3 is 14.7 Å². The number of hydrogen-bond acceptors (Lipinski definition) is 5. The van der Waals surface area contributed by atoms with Crippen LogP contribution in [0.5, 0.6) is 5.75 Å². The second kappa shape index (κ2) is 8.70. The van der Waals surface area contributed by atoms with Gasteiger partial charge in [-0.1, -0.05) is 35.0 Å². The minimum absolute atomic E-state index is 0.0845. The molecule has 1 atom stereocenters. The Morgan fingerprint density at radius 2 is 1.90 bits per heavy atom. The highest BCUT2D eigenvalue weighted by atomic mass is 35.5. The van der Waals surface area contributed by atoms with Gasteiger partial charge >= 0.3 is 0 Å². The van der Waals surface area contributed by atoms with Crippen molar-refractivity contribution in [2.24, 2.45) is 11.1 Å². The molecule has 1 N–H and O–H groups in total. The number of nitrogens with zero attached hydrogens (tertiary/aromatic N) is 1. The Morgan fingerprint density at radius 3 is 2.52 bits per heavy atom. The van der Waals surface area contributed by atoms with E-state index in [2.05, 4.69) is 5.16 Å². The van der Waals surface area contributed by atoms with Gasteiger partial charge in [0.1, 0.15) is 18.6 Å². The van der Waals surface area contributed by atoms with Crippen molar-refractivity contribution in [1.29, 1.82) is 0 Å². The Balaban J connectivity index is 2.05. The number of aryl methyl sites for hydroxylation is 1. The standard InChI is InChI=1S/C23H24ClNO4/c1-13-9-16(15-5-7-18(24)8-6-15)12-20(28-3)21(13)22-19(26)11-17(23(22)27)10-14(2)25-29-4/h5-9,12,17,27H,10-11H2,1-4H3/b25-14+. The van der Waals surface area contributed by atoms with Crippen LogP contribution in [0.2, 0.25) is 5.02 Å². The van der Waals surface area contributed by atoms with Crippen molar-refractivity contribution in [3.8, 4) is 16.9 Å². The molecule has 1 aliphatic carbocycles. The van der Waals surface area contributed by atoms with Crippen LogP contribution in [0, 0.1) is 12.8 Å². The summed E-state index contributed by atoms with van der Waals surface area (Å²) in [7, 11) is 3.04. The van der Waals surface area contributed by atoms with Gasteiger partial charge in [0.2, 0.25) is 0 Å². The van der Waals surface area contributed by atoms with E-state index < -0.39 is 0 Å². The fourth-order valence-corrected chi connectivity index (χ4v) is 3.93. The lowest BCUT2D eigenvalue weighted by Crippen LogP contribution is -2.06. The number of aliphatic hydroxyl groups excluding tert-OH is 1. The average Bonchev–Trinajstić information content (AvgIpc) is 2.95. The molecule has 152 valence electrons. The summed E-state index contributed by atoms with van der Waals surface area (Å²) in [6.07, 6.45) is 0.693. The number of rotatable bonds is 6. The van der Waals surface area contributed by atoms with Gasteiger partial charge in [-0.05, 0) is 55.2 Å². The van der Waals surface area contributed by atoms with Crippen LogP contribution in [-0.2, 0) is 9.63 Å². The summed E-state index contributed by atoms with van der Waals surface area (Å²) in [5.41, 5.74) is 4.48. The summed E-state index contributed by atoms with van der Waals surface area (Å²) < 4.78 is 5.61. The highest BCUT2D eigenvalue weighted by Gasteiger charge is 2.35. The third-order valence-electron chi connectivity index (χ3n) is 5.09. The number of Topliss-reactive ketones (excluding diaryl/α,β-unsaturated/α-hetero) is 1. The van der Waals surface area contributed by atoms with Crippen molar-refractivity contribution in [2.45, 2.75) is 26.7 Å². The third-order valence-corrected chi connectivity index (χ3v) is 5.34. The van der Waals surface area contributed by atoms with Gasteiger partial charge in [0.15, 0.2) is 5.78 Å². The number of carbonyl (C=O) groups excluding carboxylic acids is 1. The fourth-order valence-electron chi connectivity index (χ4n) is 3.80. The molecule has 1 aliphatic rings. The van der Waals surface area contributed by atoms with Gasteiger partial charge in [0, 0.05) is 22.9 Å². The Morgan fingerprint density at radius 1 is 1.21 bits per heavy atom. The molecule has 0 saturated heterocycles. The molecule has 0 aromatic heterocycles. The maximum absolute atomic E-state index is 12.8. The predicted octanol–water partition coefficient (Wildman–Crippen LogP) is 5.59.